The van der Waals surface area contributed by atoms with Crippen LogP contribution in [0.15, 0.2) is 36.8 Å². The number of hydrogen-bond acceptors (Lipinski definition) is 3. The Balaban J connectivity index is 2.33. The fourth-order valence-electron chi connectivity index (χ4n) is 1.22. The van der Waals surface area contributed by atoms with Crippen molar-refractivity contribution in [3.63, 3.8) is 0 Å². The van der Waals surface area contributed by atoms with Crippen molar-refractivity contribution in [1.82, 2.24) is 9.71 Å². The molecular weight excluding hydrogens is 180 g/mol. The minimum Gasteiger partial charge on any atom is -0.497 e. The zero-order valence-corrected chi connectivity index (χ0v) is 7.71. The number of rotatable bonds is 2. The number of methoxy groups -OCH3 is 1. The predicted octanol–water partition coefficient (Wildman–Crippen LogP) is 1.80. The van der Waals surface area contributed by atoms with Crippen LogP contribution in [0, 0.1) is 0 Å². The average Bonchev–Trinajstić information content (AvgIpc) is 2.65. The number of hydrogen-bond donors (Lipinski definition) is 1. The molecule has 0 amide bonds. The van der Waals surface area contributed by atoms with E-state index in [1.807, 2.05) is 24.3 Å². The zero-order chi connectivity index (χ0) is 9.97. The second-order valence-electron chi connectivity index (χ2n) is 2.87. The Kier molecular flexibility index (Phi) is 2.10. The third-order valence-electron chi connectivity index (χ3n) is 1.96. The summed E-state index contributed by atoms with van der Waals surface area (Å²) >= 11 is 0. The third kappa shape index (κ3) is 1.54. The van der Waals surface area contributed by atoms with Crippen LogP contribution in [0.3, 0.4) is 0 Å². The van der Waals surface area contributed by atoms with Gasteiger partial charge in [0.25, 0.3) is 0 Å². The lowest BCUT2D eigenvalue weighted by atomic mass is 10.2. The molecule has 0 bridgehead atoms. The summed E-state index contributed by atoms with van der Waals surface area (Å²) in [6, 6.07) is 7.49. The van der Waals surface area contributed by atoms with Crippen molar-refractivity contribution in [2.24, 2.45) is 0 Å². The maximum atomic E-state index is 9.04. The van der Waals surface area contributed by atoms with Crippen LogP contribution >= 0.6 is 0 Å². The van der Waals surface area contributed by atoms with Crippen LogP contribution in [-0.2, 0) is 0 Å². The summed E-state index contributed by atoms with van der Waals surface area (Å²) in [5.41, 5.74) is 1.67. The lowest BCUT2D eigenvalue weighted by Gasteiger charge is -1.99. The SMILES string of the molecule is COc1ccc(-c2cn(O)cn2)cc1. The first-order chi connectivity index (χ1) is 6.79. The van der Waals surface area contributed by atoms with E-state index in [1.165, 1.54) is 6.33 Å². The van der Waals surface area contributed by atoms with E-state index in [4.69, 9.17) is 9.94 Å². The van der Waals surface area contributed by atoms with Crippen molar-refractivity contribution < 1.29 is 9.94 Å². The van der Waals surface area contributed by atoms with Gasteiger partial charge in [0.2, 0.25) is 0 Å². The molecule has 1 N–H and O–H groups in total. The van der Waals surface area contributed by atoms with Gasteiger partial charge in [-0.1, -0.05) is 0 Å². The van der Waals surface area contributed by atoms with Gasteiger partial charge in [0.05, 0.1) is 19.0 Å². The lowest BCUT2D eigenvalue weighted by molar-refractivity contribution is 0.186. The molecule has 1 aromatic carbocycles. The summed E-state index contributed by atoms with van der Waals surface area (Å²) < 4.78 is 5.97. The van der Waals surface area contributed by atoms with Crippen LogP contribution in [0.4, 0.5) is 0 Å². The van der Waals surface area contributed by atoms with Gasteiger partial charge in [0.1, 0.15) is 12.1 Å². The largest absolute Gasteiger partial charge is 0.497 e. The minimum atomic E-state index is 0.732. The normalized spacial score (nSPS) is 10.1. The van der Waals surface area contributed by atoms with E-state index in [2.05, 4.69) is 4.98 Å². The standard InChI is InChI=1S/C10H10N2O2/c1-14-9-4-2-8(3-5-9)10-6-12(13)7-11-10/h2-7,13H,1H3. The Hall–Kier alpha value is -1.97. The van der Waals surface area contributed by atoms with E-state index in [0.717, 1.165) is 21.7 Å². The molecule has 14 heavy (non-hydrogen) atoms. The molecule has 0 spiro atoms. The summed E-state index contributed by atoms with van der Waals surface area (Å²) in [4.78, 5) is 4.01. The summed E-state index contributed by atoms with van der Waals surface area (Å²) in [6.45, 7) is 0. The molecule has 0 saturated carbocycles. The fraction of sp³-hybridized carbons (Fsp3) is 0.100. The van der Waals surface area contributed by atoms with Crippen LogP contribution < -0.4 is 4.74 Å². The summed E-state index contributed by atoms with van der Waals surface area (Å²) in [5, 5.41) is 9.04. The van der Waals surface area contributed by atoms with Crippen LogP contribution in [0.1, 0.15) is 0 Å². The Morgan fingerprint density at radius 2 is 2.00 bits per heavy atom. The second-order valence-corrected chi connectivity index (χ2v) is 2.87. The summed E-state index contributed by atoms with van der Waals surface area (Å²) in [7, 11) is 1.62. The predicted molar refractivity (Wildman–Crippen MR) is 51.4 cm³/mol. The molecule has 1 aromatic heterocycles. The van der Waals surface area contributed by atoms with Crippen LogP contribution in [0.2, 0.25) is 0 Å². The highest BCUT2D eigenvalue weighted by molar-refractivity contribution is 5.59. The Bertz CT molecular complexity index is 420. The van der Waals surface area contributed by atoms with Gasteiger partial charge in [-0.3, -0.25) is 0 Å². The van der Waals surface area contributed by atoms with Crippen molar-refractivity contribution in [1.29, 1.82) is 0 Å². The molecule has 72 valence electrons. The smallest absolute Gasteiger partial charge is 0.132 e. The maximum Gasteiger partial charge on any atom is 0.132 e. The fourth-order valence-corrected chi connectivity index (χ4v) is 1.22. The van der Waals surface area contributed by atoms with E-state index in [-0.39, 0.29) is 0 Å². The Morgan fingerprint density at radius 3 is 2.50 bits per heavy atom. The number of aromatic nitrogens is 2. The van der Waals surface area contributed by atoms with E-state index in [0.29, 0.717) is 0 Å². The van der Waals surface area contributed by atoms with Crippen molar-refractivity contribution in [2.75, 3.05) is 7.11 Å². The van der Waals surface area contributed by atoms with Crippen molar-refractivity contribution in [2.45, 2.75) is 0 Å². The molecule has 0 unspecified atom stereocenters. The molecule has 2 rings (SSSR count). The Labute approximate surface area is 81.4 Å². The molecule has 0 atom stereocenters. The molecule has 0 aliphatic rings. The van der Waals surface area contributed by atoms with Gasteiger partial charge in [-0.2, -0.15) is 4.73 Å². The highest BCUT2D eigenvalue weighted by atomic mass is 16.5. The molecular formula is C10H10N2O2. The van der Waals surface area contributed by atoms with E-state index >= 15 is 0 Å². The summed E-state index contributed by atoms with van der Waals surface area (Å²) in [5.74, 6) is 0.803. The molecule has 0 fully saturated rings. The first kappa shape index (κ1) is 8.62. The highest BCUT2D eigenvalue weighted by Gasteiger charge is 2.01. The van der Waals surface area contributed by atoms with E-state index in [1.54, 1.807) is 13.3 Å². The van der Waals surface area contributed by atoms with Gasteiger partial charge in [-0.15, -0.1) is 0 Å². The summed E-state index contributed by atoms with van der Waals surface area (Å²) in [6.07, 6.45) is 2.89. The third-order valence-corrected chi connectivity index (χ3v) is 1.96. The van der Waals surface area contributed by atoms with Gasteiger partial charge in [-0.25, -0.2) is 4.98 Å². The van der Waals surface area contributed by atoms with Crippen LogP contribution in [-0.4, -0.2) is 22.0 Å². The van der Waals surface area contributed by atoms with Crippen molar-refractivity contribution >= 4 is 0 Å². The lowest BCUT2D eigenvalue weighted by Crippen LogP contribution is -1.83. The number of benzene rings is 1. The molecule has 1 heterocycles. The van der Waals surface area contributed by atoms with Crippen LogP contribution in [0.25, 0.3) is 11.3 Å². The number of ether oxygens (including phenoxy) is 1. The molecule has 2 aromatic rings. The average molecular weight is 190 g/mol. The quantitative estimate of drug-likeness (QED) is 0.734. The minimum absolute atomic E-state index is 0.732. The second kappa shape index (κ2) is 3.41. The van der Waals surface area contributed by atoms with E-state index < -0.39 is 0 Å². The first-order valence-corrected chi connectivity index (χ1v) is 4.17. The Morgan fingerprint density at radius 1 is 1.29 bits per heavy atom. The van der Waals surface area contributed by atoms with Crippen molar-refractivity contribution in [3.05, 3.63) is 36.8 Å². The van der Waals surface area contributed by atoms with Gasteiger partial charge in [-0.05, 0) is 24.3 Å². The zero-order valence-electron chi connectivity index (χ0n) is 7.71. The molecule has 0 radical (unpaired) electrons. The molecule has 0 aliphatic heterocycles. The monoisotopic (exact) mass is 190 g/mol. The van der Waals surface area contributed by atoms with Crippen LogP contribution in [0.5, 0.6) is 5.75 Å². The van der Waals surface area contributed by atoms with Gasteiger partial charge >= 0.3 is 0 Å². The van der Waals surface area contributed by atoms with E-state index in [9.17, 15) is 0 Å². The molecule has 4 heteroatoms. The molecule has 0 saturated heterocycles. The maximum absolute atomic E-state index is 9.04. The topological polar surface area (TPSA) is 47.3 Å². The number of imidazole rings is 1. The van der Waals surface area contributed by atoms with Gasteiger partial charge < -0.3 is 9.94 Å². The first-order valence-electron chi connectivity index (χ1n) is 4.17. The molecule has 0 aliphatic carbocycles. The van der Waals surface area contributed by atoms with Crippen molar-refractivity contribution in [3.8, 4) is 17.0 Å². The van der Waals surface area contributed by atoms with Gasteiger partial charge in [0.15, 0.2) is 0 Å². The van der Waals surface area contributed by atoms with Gasteiger partial charge in [0, 0.05) is 5.56 Å². The highest BCUT2D eigenvalue weighted by Crippen LogP contribution is 2.19. The number of nitrogens with zero attached hydrogens (tertiary/aromatic N) is 2. The molecule has 4 nitrogen and oxygen atoms in total.